The van der Waals surface area contributed by atoms with Crippen molar-refractivity contribution >= 4 is 40.8 Å². The minimum absolute atomic E-state index is 0.000441. The first-order valence-electron chi connectivity index (χ1n) is 8.58. The number of hydrogen-bond acceptors (Lipinski definition) is 5. The number of hydrogen-bond donors (Lipinski definition) is 1. The number of halogens is 5. The van der Waals surface area contributed by atoms with E-state index in [-0.39, 0.29) is 21.4 Å². The van der Waals surface area contributed by atoms with Gasteiger partial charge < -0.3 is 19.5 Å². The van der Waals surface area contributed by atoms with Crippen LogP contribution in [-0.2, 0) is 15.7 Å². The van der Waals surface area contributed by atoms with Crippen LogP contribution in [0.1, 0.15) is 22.3 Å². The van der Waals surface area contributed by atoms with Crippen LogP contribution < -0.4 is 14.8 Å². The number of ether oxygens (including phenoxy) is 3. The molecule has 0 atom stereocenters. The minimum atomic E-state index is -4.73. The Balaban J connectivity index is 1.67. The smallest absolute Gasteiger partial charge is 0.418 e. The van der Waals surface area contributed by atoms with Gasteiger partial charge in [-0.3, -0.25) is 4.79 Å². The highest BCUT2D eigenvalue weighted by Crippen LogP contribution is 2.38. The van der Waals surface area contributed by atoms with Gasteiger partial charge in [0.15, 0.2) is 18.1 Å². The number of benzene rings is 2. The van der Waals surface area contributed by atoms with E-state index in [2.05, 4.69) is 5.32 Å². The molecule has 1 amide bonds. The Hall–Kier alpha value is -2.65. The monoisotopic (exact) mass is 463 g/mol. The summed E-state index contributed by atoms with van der Waals surface area (Å²) in [5.74, 6) is -1.32. The van der Waals surface area contributed by atoms with Crippen LogP contribution in [0.3, 0.4) is 0 Å². The zero-order valence-corrected chi connectivity index (χ0v) is 16.7. The lowest BCUT2D eigenvalue weighted by molar-refractivity contribution is -0.137. The van der Waals surface area contributed by atoms with Gasteiger partial charge in [0, 0.05) is 11.4 Å². The largest absolute Gasteiger partial charge is 0.489 e. The molecule has 0 unspecified atom stereocenters. The lowest BCUT2D eigenvalue weighted by Gasteiger charge is -2.14. The molecule has 0 aromatic heterocycles. The molecule has 11 heteroatoms. The van der Waals surface area contributed by atoms with E-state index in [4.69, 9.17) is 37.4 Å². The predicted molar refractivity (Wildman–Crippen MR) is 102 cm³/mol. The van der Waals surface area contributed by atoms with Crippen LogP contribution in [0.25, 0.3) is 0 Å². The maximum absolute atomic E-state index is 13.1. The SMILES string of the molecule is O=C(COC(=O)c1cc(Cl)c2c(c1)OCCCO2)Nc1ccc(Cl)cc1C(F)(F)F. The Labute approximate surface area is 178 Å². The van der Waals surface area contributed by atoms with Crippen LogP contribution in [0.15, 0.2) is 30.3 Å². The summed E-state index contributed by atoms with van der Waals surface area (Å²) >= 11 is 11.7. The number of fused-ring (bicyclic) bond motifs is 1. The molecule has 1 heterocycles. The summed E-state index contributed by atoms with van der Waals surface area (Å²) in [4.78, 5) is 24.2. The average molecular weight is 464 g/mol. The minimum Gasteiger partial charge on any atom is -0.489 e. The molecule has 0 saturated heterocycles. The van der Waals surface area contributed by atoms with Crippen molar-refractivity contribution in [2.75, 3.05) is 25.1 Å². The molecule has 2 aromatic carbocycles. The van der Waals surface area contributed by atoms with Gasteiger partial charge in [-0.15, -0.1) is 0 Å². The van der Waals surface area contributed by atoms with Gasteiger partial charge in [0.05, 0.1) is 35.1 Å². The lowest BCUT2D eigenvalue weighted by Crippen LogP contribution is -2.22. The summed E-state index contributed by atoms with van der Waals surface area (Å²) < 4.78 is 55.1. The van der Waals surface area contributed by atoms with E-state index >= 15 is 0 Å². The second-order valence-electron chi connectivity index (χ2n) is 6.15. The van der Waals surface area contributed by atoms with Crippen LogP contribution in [-0.4, -0.2) is 31.7 Å². The molecule has 0 radical (unpaired) electrons. The van der Waals surface area contributed by atoms with E-state index in [1.807, 2.05) is 0 Å². The third kappa shape index (κ3) is 5.28. The fraction of sp³-hybridized carbons (Fsp3) is 0.263. The van der Waals surface area contributed by atoms with Crippen LogP contribution in [0.5, 0.6) is 11.5 Å². The number of rotatable bonds is 4. The highest BCUT2D eigenvalue weighted by Gasteiger charge is 2.34. The first kappa shape index (κ1) is 22.0. The molecule has 3 rings (SSSR count). The normalized spacial score (nSPS) is 13.4. The Morgan fingerprint density at radius 3 is 2.57 bits per heavy atom. The van der Waals surface area contributed by atoms with Crippen molar-refractivity contribution in [2.45, 2.75) is 12.6 Å². The van der Waals surface area contributed by atoms with Crippen LogP contribution in [0.4, 0.5) is 18.9 Å². The molecular weight excluding hydrogens is 450 g/mol. The number of nitrogens with one attached hydrogen (secondary N) is 1. The van der Waals surface area contributed by atoms with Crippen LogP contribution >= 0.6 is 23.2 Å². The predicted octanol–water partition coefficient (Wildman–Crippen LogP) is 4.97. The van der Waals surface area contributed by atoms with Crippen LogP contribution in [0.2, 0.25) is 10.0 Å². The van der Waals surface area contributed by atoms with Crippen molar-refractivity contribution in [3.63, 3.8) is 0 Å². The van der Waals surface area contributed by atoms with Crippen molar-refractivity contribution < 1.29 is 37.0 Å². The molecule has 0 bridgehead atoms. The third-order valence-electron chi connectivity index (χ3n) is 3.93. The van der Waals surface area contributed by atoms with E-state index in [9.17, 15) is 22.8 Å². The number of carbonyl (C=O) groups excluding carboxylic acids is 2. The Morgan fingerprint density at radius 1 is 1.10 bits per heavy atom. The molecule has 2 aromatic rings. The Kier molecular flexibility index (Phi) is 6.62. The molecule has 160 valence electrons. The Morgan fingerprint density at radius 2 is 1.83 bits per heavy atom. The molecule has 1 N–H and O–H groups in total. The summed E-state index contributed by atoms with van der Waals surface area (Å²) in [6, 6.07) is 5.53. The molecule has 0 fully saturated rings. The number of anilines is 1. The van der Waals surface area contributed by atoms with Gasteiger partial charge in [-0.25, -0.2) is 4.79 Å². The average Bonchev–Trinajstić information content (AvgIpc) is 2.92. The number of carbonyl (C=O) groups is 2. The summed E-state index contributed by atoms with van der Waals surface area (Å²) in [6.07, 6.45) is -4.10. The first-order chi connectivity index (χ1) is 14.1. The van der Waals surface area contributed by atoms with Gasteiger partial charge in [0.2, 0.25) is 0 Å². The van der Waals surface area contributed by atoms with Crippen molar-refractivity contribution in [1.82, 2.24) is 0 Å². The zero-order chi connectivity index (χ0) is 21.9. The molecule has 6 nitrogen and oxygen atoms in total. The molecule has 0 saturated carbocycles. The molecule has 1 aliphatic heterocycles. The maximum Gasteiger partial charge on any atom is 0.418 e. The van der Waals surface area contributed by atoms with Gasteiger partial charge in [-0.05, 0) is 30.3 Å². The van der Waals surface area contributed by atoms with Crippen molar-refractivity contribution in [3.05, 3.63) is 51.5 Å². The first-order valence-corrected chi connectivity index (χ1v) is 9.33. The van der Waals surface area contributed by atoms with E-state index in [1.54, 1.807) is 0 Å². The third-order valence-corrected chi connectivity index (χ3v) is 4.45. The highest BCUT2D eigenvalue weighted by atomic mass is 35.5. The summed E-state index contributed by atoms with van der Waals surface area (Å²) in [5.41, 5.74) is -1.63. The van der Waals surface area contributed by atoms with E-state index in [1.165, 1.54) is 18.2 Å². The van der Waals surface area contributed by atoms with Crippen molar-refractivity contribution in [1.29, 1.82) is 0 Å². The van der Waals surface area contributed by atoms with Gasteiger partial charge in [0.1, 0.15) is 0 Å². The standard InChI is InChI=1S/C19H14Cl2F3NO5/c20-11-2-3-14(12(8-11)19(22,23)24)25-16(26)9-30-18(27)10-6-13(21)17-15(7-10)28-4-1-5-29-17/h2-3,6-8H,1,4-5,9H2,(H,25,26). The van der Waals surface area contributed by atoms with E-state index in [0.717, 1.165) is 6.07 Å². The maximum atomic E-state index is 13.1. The lowest BCUT2D eigenvalue weighted by atomic mass is 10.1. The number of alkyl halides is 3. The van der Waals surface area contributed by atoms with Crippen molar-refractivity contribution in [3.8, 4) is 11.5 Å². The van der Waals surface area contributed by atoms with Crippen molar-refractivity contribution in [2.24, 2.45) is 0 Å². The molecular formula is C19H14Cl2F3NO5. The fourth-order valence-electron chi connectivity index (χ4n) is 2.61. The Bertz CT molecular complexity index is 981. The summed E-state index contributed by atoms with van der Waals surface area (Å²) in [6.45, 7) is -0.0427. The molecule has 30 heavy (non-hydrogen) atoms. The number of esters is 1. The van der Waals surface area contributed by atoms with Gasteiger partial charge in [0.25, 0.3) is 5.91 Å². The zero-order valence-electron chi connectivity index (χ0n) is 15.1. The molecule has 0 aliphatic carbocycles. The fourth-order valence-corrected chi connectivity index (χ4v) is 3.05. The van der Waals surface area contributed by atoms with Crippen LogP contribution in [0, 0.1) is 0 Å². The highest BCUT2D eigenvalue weighted by molar-refractivity contribution is 6.32. The number of amides is 1. The summed E-state index contributed by atoms with van der Waals surface area (Å²) in [5, 5.41) is 2.04. The van der Waals surface area contributed by atoms with Gasteiger partial charge >= 0.3 is 12.1 Å². The topological polar surface area (TPSA) is 73.9 Å². The second kappa shape index (κ2) is 9.01. The van der Waals surface area contributed by atoms with Gasteiger partial charge in [-0.2, -0.15) is 13.2 Å². The van der Waals surface area contributed by atoms with Gasteiger partial charge in [-0.1, -0.05) is 23.2 Å². The van der Waals surface area contributed by atoms with E-state index in [0.29, 0.717) is 31.5 Å². The molecule has 0 spiro atoms. The second-order valence-corrected chi connectivity index (χ2v) is 6.99. The molecule has 1 aliphatic rings. The van der Waals surface area contributed by atoms with E-state index < -0.39 is 35.9 Å². The quantitative estimate of drug-likeness (QED) is 0.648. The summed E-state index contributed by atoms with van der Waals surface area (Å²) in [7, 11) is 0.